The van der Waals surface area contributed by atoms with E-state index in [9.17, 15) is 4.79 Å². The standard InChI is InChI=1S/C12H15BrN6O/c1-8(2)19-11(16-17-18-19)3-4-15-12(20)9-5-10(13)7-14-6-9/h5-8H,3-4H2,1-2H3,(H,15,20). The lowest BCUT2D eigenvalue weighted by Gasteiger charge is -2.08. The number of pyridine rings is 1. The topological polar surface area (TPSA) is 85.6 Å². The third kappa shape index (κ3) is 3.60. The summed E-state index contributed by atoms with van der Waals surface area (Å²) in [7, 11) is 0. The Labute approximate surface area is 124 Å². The molecule has 0 saturated carbocycles. The molecule has 0 spiro atoms. The first kappa shape index (κ1) is 14.6. The lowest BCUT2D eigenvalue weighted by Crippen LogP contribution is -2.26. The fourth-order valence-electron chi connectivity index (χ4n) is 1.70. The zero-order valence-corrected chi connectivity index (χ0v) is 12.8. The summed E-state index contributed by atoms with van der Waals surface area (Å²) < 4.78 is 2.52. The highest BCUT2D eigenvalue weighted by atomic mass is 79.9. The van der Waals surface area contributed by atoms with Gasteiger partial charge >= 0.3 is 0 Å². The molecule has 0 aromatic carbocycles. The molecule has 0 bridgehead atoms. The number of rotatable bonds is 5. The summed E-state index contributed by atoms with van der Waals surface area (Å²) in [6.45, 7) is 4.48. The predicted molar refractivity (Wildman–Crippen MR) is 76.2 cm³/mol. The van der Waals surface area contributed by atoms with E-state index in [0.717, 1.165) is 10.3 Å². The molecule has 1 N–H and O–H groups in total. The second kappa shape index (κ2) is 6.56. The summed E-state index contributed by atoms with van der Waals surface area (Å²) in [5.41, 5.74) is 0.517. The first-order valence-electron chi connectivity index (χ1n) is 6.23. The van der Waals surface area contributed by atoms with Crippen LogP contribution >= 0.6 is 15.9 Å². The van der Waals surface area contributed by atoms with Gasteiger partial charge in [-0.25, -0.2) is 4.68 Å². The van der Waals surface area contributed by atoms with E-state index in [4.69, 9.17) is 0 Å². The van der Waals surface area contributed by atoms with Gasteiger partial charge in [0, 0.05) is 29.8 Å². The fraction of sp³-hybridized carbons (Fsp3) is 0.417. The van der Waals surface area contributed by atoms with Crippen LogP contribution in [-0.2, 0) is 6.42 Å². The van der Waals surface area contributed by atoms with Crippen molar-refractivity contribution in [3.63, 3.8) is 0 Å². The van der Waals surface area contributed by atoms with Crippen LogP contribution in [0.3, 0.4) is 0 Å². The molecule has 20 heavy (non-hydrogen) atoms. The van der Waals surface area contributed by atoms with Gasteiger partial charge in [-0.15, -0.1) is 5.10 Å². The average Bonchev–Trinajstić information content (AvgIpc) is 2.87. The number of halogens is 1. The Morgan fingerprint density at radius 1 is 1.45 bits per heavy atom. The molecule has 8 heteroatoms. The van der Waals surface area contributed by atoms with Crippen LogP contribution in [-0.4, -0.2) is 37.6 Å². The highest BCUT2D eigenvalue weighted by Gasteiger charge is 2.10. The highest BCUT2D eigenvalue weighted by Crippen LogP contribution is 2.09. The largest absolute Gasteiger partial charge is 0.352 e. The molecule has 0 radical (unpaired) electrons. The molecular weight excluding hydrogens is 324 g/mol. The lowest BCUT2D eigenvalue weighted by molar-refractivity contribution is 0.0953. The van der Waals surface area contributed by atoms with Crippen molar-refractivity contribution in [2.24, 2.45) is 0 Å². The van der Waals surface area contributed by atoms with Crippen molar-refractivity contribution < 1.29 is 4.79 Å². The third-order valence-corrected chi connectivity index (χ3v) is 3.09. The van der Waals surface area contributed by atoms with Crippen molar-refractivity contribution >= 4 is 21.8 Å². The van der Waals surface area contributed by atoms with Gasteiger partial charge in [0.05, 0.1) is 11.6 Å². The van der Waals surface area contributed by atoms with Gasteiger partial charge in [0.25, 0.3) is 5.91 Å². The molecule has 0 unspecified atom stereocenters. The smallest absolute Gasteiger partial charge is 0.252 e. The van der Waals surface area contributed by atoms with E-state index in [1.807, 2.05) is 13.8 Å². The molecule has 1 amide bonds. The monoisotopic (exact) mass is 338 g/mol. The van der Waals surface area contributed by atoms with Crippen LogP contribution in [0.25, 0.3) is 0 Å². The maximum absolute atomic E-state index is 11.9. The Balaban J connectivity index is 1.90. The summed E-state index contributed by atoms with van der Waals surface area (Å²) in [6.07, 6.45) is 3.74. The van der Waals surface area contributed by atoms with Crippen molar-refractivity contribution in [1.82, 2.24) is 30.5 Å². The van der Waals surface area contributed by atoms with E-state index in [0.29, 0.717) is 18.5 Å². The van der Waals surface area contributed by atoms with Crippen LogP contribution in [0.2, 0.25) is 0 Å². The Bertz CT molecular complexity index is 597. The molecule has 0 fully saturated rings. The van der Waals surface area contributed by atoms with Gasteiger partial charge in [-0.05, 0) is 46.3 Å². The number of nitrogens with zero attached hydrogens (tertiary/aromatic N) is 5. The summed E-state index contributed by atoms with van der Waals surface area (Å²) in [6, 6.07) is 1.92. The molecule has 2 aromatic rings. The zero-order valence-electron chi connectivity index (χ0n) is 11.2. The van der Waals surface area contributed by atoms with Gasteiger partial charge in [-0.1, -0.05) is 0 Å². The first-order chi connectivity index (χ1) is 9.58. The number of tetrazole rings is 1. The van der Waals surface area contributed by atoms with Crippen LogP contribution in [0.15, 0.2) is 22.9 Å². The second-order valence-corrected chi connectivity index (χ2v) is 5.45. The Morgan fingerprint density at radius 3 is 2.95 bits per heavy atom. The van der Waals surface area contributed by atoms with Crippen LogP contribution in [0, 0.1) is 0 Å². The molecule has 2 heterocycles. The van der Waals surface area contributed by atoms with Gasteiger partial charge < -0.3 is 5.32 Å². The molecule has 0 saturated heterocycles. The van der Waals surface area contributed by atoms with E-state index in [2.05, 4.69) is 41.8 Å². The maximum Gasteiger partial charge on any atom is 0.252 e. The van der Waals surface area contributed by atoms with Gasteiger partial charge in [-0.3, -0.25) is 9.78 Å². The van der Waals surface area contributed by atoms with Crippen LogP contribution < -0.4 is 5.32 Å². The highest BCUT2D eigenvalue weighted by molar-refractivity contribution is 9.10. The minimum absolute atomic E-state index is 0.164. The van der Waals surface area contributed by atoms with Crippen molar-refractivity contribution in [1.29, 1.82) is 0 Å². The Kier molecular flexibility index (Phi) is 4.78. The molecule has 7 nitrogen and oxygen atoms in total. The molecule has 0 aliphatic carbocycles. The number of carbonyl (C=O) groups excluding carboxylic acids is 1. The minimum Gasteiger partial charge on any atom is -0.352 e. The quantitative estimate of drug-likeness (QED) is 0.890. The number of hydrogen-bond acceptors (Lipinski definition) is 5. The van der Waals surface area contributed by atoms with Gasteiger partial charge in [0.2, 0.25) is 0 Å². The SMILES string of the molecule is CC(C)n1nnnc1CCNC(=O)c1cncc(Br)c1. The lowest BCUT2D eigenvalue weighted by atomic mass is 10.2. The maximum atomic E-state index is 11.9. The summed E-state index contributed by atoms with van der Waals surface area (Å²) in [5, 5.41) is 14.3. The molecule has 0 aliphatic rings. The van der Waals surface area contributed by atoms with E-state index < -0.39 is 0 Å². The molecule has 2 aromatic heterocycles. The number of hydrogen-bond donors (Lipinski definition) is 1. The van der Waals surface area contributed by atoms with Crippen molar-refractivity contribution in [2.75, 3.05) is 6.54 Å². The third-order valence-electron chi connectivity index (χ3n) is 2.65. The number of nitrogens with one attached hydrogen (secondary N) is 1. The molecule has 0 aliphatic heterocycles. The molecular formula is C12H15BrN6O. The molecule has 106 valence electrons. The van der Waals surface area contributed by atoms with Crippen molar-refractivity contribution in [3.8, 4) is 0 Å². The minimum atomic E-state index is -0.164. The zero-order chi connectivity index (χ0) is 14.5. The van der Waals surface area contributed by atoms with E-state index in [-0.39, 0.29) is 11.9 Å². The number of aromatic nitrogens is 5. The van der Waals surface area contributed by atoms with Crippen LogP contribution in [0.4, 0.5) is 0 Å². The summed E-state index contributed by atoms with van der Waals surface area (Å²) in [5.74, 6) is 0.593. The summed E-state index contributed by atoms with van der Waals surface area (Å²) >= 11 is 3.28. The predicted octanol–water partition coefficient (Wildman–Crippen LogP) is 1.38. The molecule has 0 atom stereocenters. The second-order valence-electron chi connectivity index (χ2n) is 4.53. The van der Waals surface area contributed by atoms with E-state index in [1.54, 1.807) is 16.9 Å². The van der Waals surface area contributed by atoms with Gasteiger partial charge in [0.1, 0.15) is 0 Å². The van der Waals surface area contributed by atoms with Crippen LogP contribution in [0.5, 0.6) is 0 Å². The van der Waals surface area contributed by atoms with E-state index in [1.165, 1.54) is 6.20 Å². The number of carbonyl (C=O) groups is 1. The Hall–Kier alpha value is -1.83. The van der Waals surface area contributed by atoms with Crippen molar-refractivity contribution in [3.05, 3.63) is 34.3 Å². The Morgan fingerprint density at radius 2 is 2.25 bits per heavy atom. The van der Waals surface area contributed by atoms with E-state index >= 15 is 0 Å². The van der Waals surface area contributed by atoms with Crippen molar-refractivity contribution in [2.45, 2.75) is 26.3 Å². The fourth-order valence-corrected chi connectivity index (χ4v) is 2.07. The van der Waals surface area contributed by atoms with Crippen LogP contribution in [0.1, 0.15) is 36.1 Å². The normalized spacial score (nSPS) is 10.8. The number of amides is 1. The van der Waals surface area contributed by atoms with Gasteiger partial charge in [0.15, 0.2) is 5.82 Å². The summed E-state index contributed by atoms with van der Waals surface area (Å²) in [4.78, 5) is 15.9. The average molecular weight is 339 g/mol. The van der Waals surface area contributed by atoms with Gasteiger partial charge in [-0.2, -0.15) is 0 Å². The first-order valence-corrected chi connectivity index (χ1v) is 7.02. The molecule has 2 rings (SSSR count).